The highest BCUT2D eigenvalue weighted by atomic mass is 15.3. The largest absolute Gasteiger partial charge is 0.311 e. The number of nitriles is 1. The summed E-state index contributed by atoms with van der Waals surface area (Å²) < 4.78 is 0. The number of likely N-dealkylation sites (tertiary alicyclic amines) is 1. The van der Waals surface area contributed by atoms with Crippen LogP contribution in [0.4, 0.5) is 0 Å². The van der Waals surface area contributed by atoms with Gasteiger partial charge in [-0.1, -0.05) is 0 Å². The third-order valence-electron chi connectivity index (χ3n) is 3.77. The maximum Gasteiger partial charge on any atom is 0.0697 e. The van der Waals surface area contributed by atoms with Gasteiger partial charge in [0.2, 0.25) is 0 Å². The Morgan fingerprint density at radius 3 is 2.69 bits per heavy atom. The molecular formula is C13H23N3. The molecule has 2 unspecified atom stereocenters. The number of nitrogens with one attached hydrogen (secondary N) is 1. The highest BCUT2D eigenvalue weighted by molar-refractivity contribution is 4.98. The first-order valence-corrected chi connectivity index (χ1v) is 6.42. The van der Waals surface area contributed by atoms with E-state index in [4.69, 9.17) is 5.26 Å². The van der Waals surface area contributed by atoms with Crippen molar-refractivity contribution < 1.29 is 0 Å². The van der Waals surface area contributed by atoms with Crippen molar-refractivity contribution in [2.45, 2.75) is 58.2 Å². The first kappa shape index (κ1) is 11.9. The number of nitrogens with zero attached hydrogens (tertiary/aromatic N) is 2. The fourth-order valence-electron chi connectivity index (χ4n) is 2.56. The molecular weight excluding hydrogens is 198 g/mol. The fraction of sp³-hybridized carbons (Fsp3) is 0.923. The zero-order chi connectivity index (χ0) is 11.8. The van der Waals surface area contributed by atoms with Crippen molar-refractivity contribution in [1.82, 2.24) is 10.2 Å². The molecule has 90 valence electrons. The minimum Gasteiger partial charge on any atom is -0.311 e. The molecule has 3 nitrogen and oxygen atoms in total. The maximum absolute atomic E-state index is 8.97. The predicted molar refractivity (Wildman–Crippen MR) is 65.0 cm³/mol. The minimum atomic E-state index is -0.240. The Morgan fingerprint density at radius 1 is 1.44 bits per heavy atom. The molecule has 2 fully saturated rings. The Labute approximate surface area is 98.8 Å². The standard InChI is InChI=1S/C13H23N3/c1-10-6-11(7-16(10)12-4-5-12)15-9-13(2,3)8-14/h10-12,15H,4-7,9H2,1-3H3. The second-order valence-electron chi connectivity index (χ2n) is 6.09. The van der Waals surface area contributed by atoms with Crippen molar-refractivity contribution >= 4 is 0 Å². The molecule has 1 N–H and O–H groups in total. The summed E-state index contributed by atoms with van der Waals surface area (Å²) in [7, 11) is 0. The SMILES string of the molecule is CC1CC(NCC(C)(C)C#N)CN1C1CC1. The van der Waals surface area contributed by atoms with Gasteiger partial charge in [-0.2, -0.15) is 5.26 Å². The van der Waals surface area contributed by atoms with Gasteiger partial charge in [-0.05, 0) is 40.0 Å². The molecule has 16 heavy (non-hydrogen) atoms. The lowest BCUT2D eigenvalue weighted by molar-refractivity contribution is 0.254. The second-order valence-corrected chi connectivity index (χ2v) is 6.09. The third-order valence-corrected chi connectivity index (χ3v) is 3.77. The van der Waals surface area contributed by atoms with Crippen LogP contribution >= 0.6 is 0 Å². The molecule has 0 aromatic carbocycles. The third kappa shape index (κ3) is 2.75. The number of hydrogen-bond donors (Lipinski definition) is 1. The van der Waals surface area contributed by atoms with Gasteiger partial charge in [0.1, 0.15) is 0 Å². The molecule has 2 aliphatic rings. The Kier molecular flexibility index (Phi) is 3.23. The van der Waals surface area contributed by atoms with Gasteiger partial charge in [-0.25, -0.2) is 0 Å². The highest BCUT2D eigenvalue weighted by Gasteiger charge is 2.38. The van der Waals surface area contributed by atoms with Gasteiger partial charge in [0, 0.05) is 31.2 Å². The van der Waals surface area contributed by atoms with Gasteiger partial charge in [-0.15, -0.1) is 0 Å². The first-order valence-electron chi connectivity index (χ1n) is 6.42. The molecule has 0 aromatic heterocycles. The summed E-state index contributed by atoms with van der Waals surface area (Å²) in [4.78, 5) is 2.64. The second kappa shape index (κ2) is 4.35. The van der Waals surface area contributed by atoms with Crippen molar-refractivity contribution in [3.8, 4) is 6.07 Å². The Bertz CT molecular complexity index is 288. The minimum absolute atomic E-state index is 0.240. The van der Waals surface area contributed by atoms with Gasteiger partial charge in [0.25, 0.3) is 0 Å². The van der Waals surface area contributed by atoms with Crippen LogP contribution in [0.2, 0.25) is 0 Å². The van der Waals surface area contributed by atoms with Gasteiger partial charge in [0.15, 0.2) is 0 Å². The van der Waals surface area contributed by atoms with Crippen LogP contribution < -0.4 is 5.32 Å². The van der Waals surface area contributed by atoms with E-state index in [0.717, 1.165) is 18.6 Å². The van der Waals surface area contributed by atoms with Crippen molar-refractivity contribution in [3.63, 3.8) is 0 Å². The molecule has 1 aliphatic carbocycles. The summed E-state index contributed by atoms with van der Waals surface area (Å²) in [5.41, 5.74) is -0.240. The van der Waals surface area contributed by atoms with E-state index in [0.29, 0.717) is 6.04 Å². The van der Waals surface area contributed by atoms with Crippen LogP contribution in [0.5, 0.6) is 0 Å². The molecule has 0 radical (unpaired) electrons. The van der Waals surface area contributed by atoms with E-state index >= 15 is 0 Å². The van der Waals surface area contributed by atoms with Crippen LogP contribution in [0.15, 0.2) is 0 Å². The highest BCUT2D eigenvalue weighted by Crippen LogP contribution is 2.33. The van der Waals surface area contributed by atoms with E-state index < -0.39 is 0 Å². The Morgan fingerprint density at radius 2 is 2.12 bits per heavy atom. The summed E-state index contributed by atoms with van der Waals surface area (Å²) in [6.07, 6.45) is 4.01. The Hall–Kier alpha value is -0.590. The smallest absolute Gasteiger partial charge is 0.0697 e. The van der Waals surface area contributed by atoms with Gasteiger partial charge >= 0.3 is 0 Å². The van der Waals surface area contributed by atoms with Crippen molar-refractivity contribution in [3.05, 3.63) is 0 Å². The molecule has 2 atom stereocenters. The normalized spacial score (nSPS) is 31.6. The molecule has 1 saturated carbocycles. The first-order chi connectivity index (χ1) is 7.52. The lowest BCUT2D eigenvalue weighted by Gasteiger charge is -2.21. The fourth-order valence-corrected chi connectivity index (χ4v) is 2.56. The van der Waals surface area contributed by atoms with Gasteiger partial charge < -0.3 is 5.32 Å². The maximum atomic E-state index is 8.97. The van der Waals surface area contributed by atoms with Gasteiger partial charge in [-0.3, -0.25) is 4.90 Å². The van der Waals surface area contributed by atoms with Crippen molar-refractivity contribution in [2.75, 3.05) is 13.1 Å². The van der Waals surface area contributed by atoms with Crippen LogP contribution in [0.25, 0.3) is 0 Å². The topological polar surface area (TPSA) is 39.1 Å². The van der Waals surface area contributed by atoms with E-state index in [-0.39, 0.29) is 5.41 Å². The number of hydrogen-bond acceptors (Lipinski definition) is 3. The van der Waals surface area contributed by atoms with Crippen LogP contribution in [0.1, 0.15) is 40.0 Å². The molecule has 1 saturated heterocycles. The predicted octanol–water partition coefficient (Wildman–Crippen LogP) is 1.75. The monoisotopic (exact) mass is 221 g/mol. The zero-order valence-corrected chi connectivity index (χ0v) is 10.7. The van der Waals surface area contributed by atoms with Crippen molar-refractivity contribution in [1.29, 1.82) is 5.26 Å². The summed E-state index contributed by atoms with van der Waals surface area (Å²) in [5.74, 6) is 0. The zero-order valence-electron chi connectivity index (χ0n) is 10.7. The molecule has 2 rings (SSSR count). The molecule has 3 heteroatoms. The average Bonchev–Trinajstić information content (AvgIpc) is 3.01. The van der Waals surface area contributed by atoms with E-state index in [1.165, 1.54) is 25.8 Å². The summed E-state index contributed by atoms with van der Waals surface area (Å²) in [6, 6.07) is 4.52. The summed E-state index contributed by atoms with van der Waals surface area (Å²) >= 11 is 0. The Balaban J connectivity index is 1.78. The average molecular weight is 221 g/mol. The van der Waals surface area contributed by atoms with E-state index in [9.17, 15) is 0 Å². The summed E-state index contributed by atoms with van der Waals surface area (Å²) in [6.45, 7) is 8.30. The molecule has 0 amide bonds. The van der Waals surface area contributed by atoms with Crippen LogP contribution in [0, 0.1) is 16.7 Å². The quantitative estimate of drug-likeness (QED) is 0.786. The van der Waals surface area contributed by atoms with Crippen LogP contribution in [-0.4, -0.2) is 36.1 Å². The molecule has 1 aliphatic heterocycles. The van der Waals surface area contributed by atoms with Crippen LogP contribution in [0.3, 0.4) is 0 Å². The molecule has 0 bridgehead atoms. The molecule has 0 aromatic rings. The number of rotatable bonds is 4. The van der Waals surface area contributed by atoms with E-state index in [2.05, 4.69) is 23.2 Å². The van der Waals surface area contributed by atoms with Crippen LogP contribution in [-0.2, 0) is 0 Å². The molecule has 1 heterocycles. The molecule has 0 spiro atoms. The lowest BCUT2D eigenvalue weighted by atomic mass is 9.95. The van der Waals surface area contributed by atoms with E-state index in [1.807, 2.05) is 13.8 Å². The van der Waals surface area contributed by atoms with Gasteiger partial charge in [0.05, 0.1) is 11.5 Å². The van der Waals surface area contributed by atoms with E-state index in [1.54, 1.807) is 0 Å². The van der Waals surface area contributed by atoms with Crippen molar-refractivity contribution in [2.24, 2.45) is 5.41 Å². The summed E-state index contributed by atoms with van der Waals surface area (Å²) in [5, 5.41) is 12.5. The lowest BCUT2D eigenvalue weighted by Crippen LogP contribution is -2.38.